The van der Waals surface area contributed by atoms with Crippen LogP contribution >= 0.6 is 11.3 Å². The van der Waals surface area contributed by atoms with Gasteiger partial charge in [0.25, 0.3) is 12.2 Å². The van der Waals surface area contributed by atoms with Crippen LogP contribution in [0.3, 0.4) is 0 Å². The molecule has 0 aliphatic carbocycles. The lowest BCUT2D eigenvalue weighted by Crippen LogP contribution is -1.96. The summed E-state index contributed by atoms with van der Waals surface area (Å²) < 4.78 is 28.8. The Bertz CT molecular complexity index is 611. The third kappa shape index (κ3) is 7.02. The van der Waals surface area contributed by atoms with Crippen molar-refractivity contribution in [2.75, 3.05) is 7.11 Å². The van der Waals surface area contributed by atoms with Crippen molar-refractivity contribution in [2.24, 2.45) is 8.80 Å². The first-order valence-corrected chi connectivity index (χ1v) is 6.70. The summed E-state index contributed by atoms with van der Waals surface area (Å²) in [6.45, 7) is 1.95. The third-order valence-corrected chi connectivity index (χ3v) is 3.06. The van der Waals surface area contributed by atoms with Gasteiger partial charge in [-0.25, -0.2) is 14.4 Å². The van der Waals surface area contributed by atoms with Crippen LogP contribution in [-0.2, 0) is 24.5 Å². The van der Waals surface area contributed by atoms with Crippen LogP contribution in [0.15, 0.2) is 20.2 Å². The van der Waals surface area contributed by atoms with Crippen molar-refractivity contribution in [3.63, 3.8) is 0 Å². The molecule has 10 heteroatoms. The topological polar surface area (TPSA) is 119 Å². The molecule has 0 aliphatic heterocycles. The molecule has 0 saturated heterocycles. The standard InChI is InChI=1S/C7H8O2S.C2N2O4S/c1-5-3-6(10-4-5)7(8)9-2;5-1-3-9(7,8)4-2-6/h3-4H,1-2H3;. The number of methoxy groups -OCH3 is 1. The smallest absolute Gasteiger partial charge is 0.383 e. The third-order valence-electron chi connectivity index (χ3n) is 1.42. The first-order chi connectivity index (χ1) is 8.86. The van der Waals surface area contributed by atoms with E-state index in [0.717, 1.165) is 5.56 Å². The molecule has 1 aromatic rings. The van der Waals surface area contributed by atoms with Crippen molar-refractivity contribution in [3.05, 3.63) is 21.9 Å². The minimum atomic E-state index is -4.28. The monoisotopic (exact) mass is 304 g/mol. The van der Waals surface area contributed by atoms with Crippen LogP contribution in [0.5, 0.6) is 0 Å². The zero-order chi connectivity index (χ0) is 14.9. The van der Waals surface area contributed by atoms with Gasteiger partial charge in [-0.3, -0.25) is 0 Å². The molecule has 0 spiro atoms. The van der Waals surface area contributed by atoms with Gasteiger partial charge in [-0.15, -0.1) is 11.3 Å². The van der Waals surface area contributed by atoms with Gasteiger partial charge in [-0.2, -0.15) is 8.42 Å². The number of isocyanates is 2. The highest BCUT2D eigenvalue weighted by Crippen LogP contribution is 2.13. The number of ether oxygens (including phenoxy) is 1. The average molecular weight is 304 g/mol. The number of nitrogens with zero attached hydrogens (tertiary/aromatic N) is 2. The SMILES string of the molecule is COC(=O)c1cc(C)cs1.O=C=NS(=O)(=O)N=C=O. The predicted molar refractivity (Wildman–Crippen MR) is 65.6 cm³/mol. The summed E-state index contributed by atoms with van der Waals surface area (Å²) in [5.74, 6) is -0.252. The van der Waals surface area contributed by atoms with E-state index in [4.69, 9.17) is 0 Å². The molecule has 0 unspecified atom stereocenters. The maximum atomic E-state index is 10.8. The molecule has 0 radical (unpaired) electrons. The number of carbonyl (C=O) groups is 1. The normalized spacial score (nSPS) is 9.16. The van der Waals surface area contributed by atoms with Crippen molar-refractivity contribution in [3.8, 4) is 0 Å². The Kier molecular flexibility index (Phi) is 7.16. The fourth-order valence-corrected chi connectivity index (χ4v) is 1.80. The van der Waals surface area contributed by atoms with Crippen LogP contribution in [0.4, 0.5) is 0 Å². The molecule has 1 aromatic heterocycles. The maximum Gasteiger partial charge on any atom is 0.383 e. The van der Waals surface area contributed by atoms with E-state index in [-0.39, 0.29) is 5.97 Å². The molecule has 0 N–H and O–H groups in total. The number of aryl methyl sites for hydroxylation is 1. The number of rotatable bonds is 3. The molecular weight excluding hydrogens is 296 g/mol. The summed E-state index contributed by atoms with van der Waals surface area (Å²) >= 11 is 1.41. The minimum Gasteiger partial charge on any atom is -0.465 e. The number of carbonyl (C=O) groups excluding carboxylic acids is 3. The molecule has 0 fully saturated rings. The summed E-state index contributed by atoms with van der Waals surface area (Å²) in [7, 11) is -2.89. The van der Waals surface area contributed by atoms with E-state index in [1.165, 1.54) is 18.4 Å². The highest BCUT2D eigenvalue weighted by Gasteiger charge is 2.05. The van der Waals surface area contributed by atoms with Crippen LogP contribution < -0.4 is 0 Å². The maximum absolute atomic E-state index is 10.8. The quantitative estimate of drug-likeness (QED) is 0.461. The van der Waals surface area contributed by atoms with Crippen LogP contribution in [-0.4, -0.2) is 33.7 Å². The molecule has 1 rings (SSSR count). The predicted octanol–water partition coefficient (Wildman–Crippen LogP) is 0.746. The molecule has 0 saturated carbocycles. The molecule has 0 atom stereocenters. The Morgan fingerprint density at radius 1 is 1.32 bits per heavy atom. The minimum absolute atomic E-state index is 0.252. The Hall–Kier alpha value is -2.12. The Morgan fingerprint density at radius 3 is 2.16 bits per heavy atom. The molecule has 19 heavy (non-hydrogen) atoms. The Morgan fingerprint density at radius 2 is 1.84 bits per heavy atom. The lowest BCUT2D eigenvalue weighted by atomic mass is 10.3. The van der Waals surface area contributed by atoms with Crippen LogP contribution in [0.25, 0.3) is 0 Å². The molecule has 0 aliphatic rings. The van der Waals surface area contributed by atoms with Gasteiger partial charge in [0.05, 0.1) is 7.11 Å². The Labute approximate surface area is 112 Å². The fraction of sp³-hybridized carbons (Fsp3) is 0.222. The first-order valence-electron chi connectivity index (χ1n) is 4.43. The Balaban J connectivity index is 0.000000344. The van der Waals surface area contributed by atoms with Gasteiger partial charge in [-0.05, 0) is 23.9 Å². The summed E-state index contributed by atoms with van der Waals surface area (Å²) in [5, 5.41) is 1.92. The van der Waals surface area contributed by atoms with E-state index >= 15 is 0 Å². The van der Waals surface area contributed by atoms with E-state index in [0.29, 0.717) is 17.0 Å². The second-order valence-corrected chi connectivity index (χ2v) is 4.96. The second kappa shape index (κ2) is 8.06. The van der Waals surface area contributed by atoms with Gasteiger partial charge in [0.2, 0.25) is 0 Å². The summed E-state index contributed by atoms with van der Waals surface area (Å²) in [6, 6.07) is 1.82. The number of hydrogen-bond donors (Lipinski definition) is 0. The highest BCUT2D eigenvalue weighted by atomic mass is 32.2. The molecular formula is C9H8N2O6S2. The number of hydrogen-bond acceptors (Lipinski definition) is 7. The van der Waals surface area contributed by atoms with Crippen molar-refractivity contribution in [1.82, 2.24) is 0 Å². The van der Waals surface area contributed by atoms with Crippen LogP contribution in [0.1, 0.15) is 15.2 Å². The molecule has 0 amide bonds. The summed E-state index contributed by atoms with van der Waals surface area (Å²) in [4.78, 5) is 30.0. The lowest BCUT2D eigenvalue weighted by molar-refractivity contribution is 0.0606. The highest BCUT2D eigenvalue weighted by molar-refractivity contribution is 7.89. The molecule has 102 valence electrons. The second-order valence-electron chi connectivity index (χ2n) is 2.79. The van der Waals surface area contributed by atoms with Crippen molar-refractivity contribution in [1.29, 1.82) is 0 Å². The average Bonchev–Trinajstić information content (AvgIpc) is 2.75. The van der Waals surface area contributed by atoms with Crippen molar-refractivity contribution >= 4 is 39.7 Å². The lowest BCUT2D eigenvalue weighted by Gasteiger charge is -1.90. The summed E-state index contributed by atoms with van der Waals surface area (Å²) in [6.07, 6.45) is 1.41. The van der Waals surface area contributed by atoms with Gasteiger partial charge in [-0.1, -0.05) is 8.80 Å². The zero-order valence-corrected chi connectivity index (χ0v) is 11.4. The van der Waals surface area contributed by atoms with E-state index in [1.807, 2.05) is 18.4 Å². The van der Waals surface area contributed by atoms with Gasteiger partial charge in [0.15, 0.2) is 0 Å². The number of esters is 1. The molecule has 0 aromatic carbocycles. The largest absolute Gasteiger partial charge is 0.465 e. The summed E-state index contributed by atoms with van der Waals surface area (Å²) in [5.41, 5.74) is 1.10. The van der Waals surface area contributed by atoms with E-state index in [1.54, 1.807) is 0 Å². The van der Waals surface area contributed by atoms with E-state index < -0.39 is 10.2 Å². The van der Waals surface area contributed by atoms with Crippen LogP contribution in [0, 0.1) is 6.92 Å². The van der Waals surface area contributed by atoms with Gasteiger partial charge >= 0.3 is 16.2 Å². The number of thiophene rings is 1. The van der Waals surface area contributed by atoms with Gasteiger partial charge < -0.3 is 4.74 Å². The molecule has 1 heterocycles. The fourth-order valence-electron chi connectivity index (χ4n) is 0.753. The van der Waals surface area contributed by atoms with E-state index in [2.05, 4.69) is 13.5 Å². The zero-order valence-electron chi connectivity index (χ0n) is 9.82. The molecule has 8 nitrogen and oxygen atoms in total. The van der Waals surface area contributed by atoms with Crippen LogP contribution in [0.2, 0.25) is 0 Å². The van der Waals surface area contributed by atoms with Gasteiger partial charge in [0, 0.05) is 0 Å². The first kappa shape index (κ1) is 16.9. The van der Waals surface area contributed by atoms with Crippen molar-refractivity contribution < 1.29 is 27.5 Å². The molecule has 0 bridgehead atoms. The van der Waals surface area contributed by atoms with E-state index in [9.17, 15) is 22.8 Å². The van der Waals surface area contributed by atoms with Gasteiger partial charge in [0.1, 0.15) is 4.88 Å². The van der Waals surface area contributed by atoms with Crippen molar-refractivity contribution in [2.45, 2.75) is 6.92 Å².